The van der Waals surface area contributed by atoms with E-state index in [1.54, 1.807) is 0 Å². The number of hydrogen-bond acceptors (Lipinski definition) is 1. The maximum Gasteiger partial charge on any atom is 0.219 e. The Kier molecular flexibility index (Phi) is 3.62. The van der Waals surface area contributed by atoms with Crippen LogP contribution in [0.2, 0.25) is 0 Å². The van der Waals surface area contributed by atoms with Crippen molar-refractivity contribution in [3.63, 3.8) is 0 Å². The van der Waals surface area contributed by atoms with Crippen molar-refractivity contribution in [1.82, 2.24) is 5.32 Å². The first-order valence-electron chi connectivity index (χ1n) is 3.12. The molecule has 0 aromatic rings. The molecule has 1 amide bonds. The molecule has 1 aliphatic rings. The lowest BCUT2D eigenvalue weighted by Gasteiger charge is -1.96. The van der Waals surface area contributed by atoms with E-state index in [0.717, 1.165) is 0 Å². The highest BCUT2D eigenvalue weighted by Gasteiger charge is 2.21. The van der Waals surface area contributed by atoms with E-state index in [0.29, 0.717) is 12.5 Å². The van der Waals surface area contributed by atoms with E-state index in [9.17, 15) is 4.79 Å². The summed E-state index contributed by atoms with van der Waals surface area (Å²) in [5, 5.41) is 2.86. The van der Waals surface area contributed by atoms with Gasteiger partial charge in [0.1, 0.15) is 0 Å². The zero-order valence-electron chi connectivity index (χ0n) is 5.52. The highest BCUT2D eigenvalue weighted by atomic mass is 35.5. The van der Waals surface area contributed by atoms with Crippen molar-refractivity contribution in [2.45, 2.75) is 32.2 Å². The summed E-state index contributed by atoms with van der Waals surface area (Å²) in [5.41, 5.74) is 0. The van der Waals surface area contributed by atoms with Crippen molar-refractivity contribution in [1.29, 1.82) is 0 Å². The molecule has 0 atom stereocenters. The van der Waals surface area contributed by atoms with Gasteiger partial charge in [0.15, 0.2) is 0 Å². The van der Waals surface area contributed by atoms with Gasteiger partial charge in [0, 0.05) is 12.5 Å². The van der Waals surface area contributed by atoms with Crippen LogP contribution in [0.4, 0.5) is 0 Å². The molecule has 0 heterocycles. The minimum absolute atomic E-state index is 0. The molecule has 0 radical (unpaired) electrons. The van der Waals surface area contributed by atoms with Gasteiger partial charge in [-0.2, -0.15) is 0 Å². The van der Waals surface area contributed by atoms with E-state index in [2.05, 4.69) is 5.32 Å². The average Bonchev–Trinajstić information content (AvgIpc) is 2.50. The average molecular weight is 150 g/mol. The van der Waals surface area contributed by atoms with Crippen molar-refractivity contribution >= 4 is 18.3 Å². The van der Waals surface area contributed by atoms with Gasteiger partial charge in [0.05, 0.1) is 0 Å². The number of hydrogen-bond donors (Lipinski definition) is 1. The van der Waals surface area contributed by atoms with Gasteiger partial charge < -0.3 is 5.32 Å². The van der Waals surface area contributed by atoms with Gasteiger partial charge >= 0.3 is 0 Å². The molecule has 3 heteroatoms. The molecule has 1 saturated carbocycles. The second kappa shape index (κ2) is 3.72. The van der Waals surface area contributed by atoms with Crippen LogP contribution in [0, 0.1) is 0 Å². The Hall–Kier alpha value is -0.240. The zero-order chi connectivity index (χ0) is 5.98. The van der Waals surface area contributed by atoms with Crippen LogP contribution in [0.3, 0.4) is 0 Å². The number of nitrogens with one attached hydrogen (secondary N) is 1. The number of carbonyl (C=O) groups excluding carboxylic acids is 1. The van der Waals surface area contributed by atoms with Gasteiger partial charge in [-0.3, -0.25) is 4.79 Å². The largest absolute Gasteiger partial charge is 0.353 e. The van der Waals surface area contributed by atoms with Crippen LogP contribution in [0.1, 0.15) is 26.2 Å². The van der Waals surface area contributed by atoms with Gasteiger partial charge in [-0.1, -0.05) is 6.92 Å². The maximum absolute atomic E-state index is 10.6. The predicted octanol–water partition coefficient (Wildman–Crippen LogP) is 1.10. The Morgan fingerprint density at radius 3 is 2.56 bits per heavy atom. The van der Waals surface area contributed by atoms with Crippen molar-refractivity contribution < 1.29 is 4.79 Å². The number of amides is 1. The lowest BCUT2D eigenvalue weighted by Crippen LogP contribution is -2.23. The van der Waals surface area contributed by atoms with E-state index in [1.165, 1.54) is 12.8 Å². The van der Waals surface area contributed by atoms with Gasteiger partial charge in [-0.05, 0) is 12.8 Å². The SMILES string of the molecule is CCC(=O)NC1CC1.Cl. The Morgan fingerprint density at radius 2 is 2.22 bits per heavy atom. The summed E-state index contributed by atoms with van der Waals surface area (Å²) in [6, 6.07) is 0.530. The first-order valence-corrected chi connectivity index (χ1v) is 3.12. The first kappa shape index (κ1) is 8.76. The Bertz CT molecular complexity index is 101. The van der Waals surface area contributed by atoms with E-state index in [-0.39, 0.29) is 18.3 Å². The molecule has 54 valence electrons. The summed E-state index contributed by atoms with van der Waals surface area (Å²) >= 11 is 0. The smallest absolute Gasteiger partial charge is 0.219 e. The Morgan fingerprint density at radius 1 is 1.67 bits per heavy atom. The molecule has 9 heavy (non-hydrogen) atoms. The quantitative estimate of drug-likeness (QED) is 0.626. The number of carbonyl (C=O) groups is 1. The summed E-state index contributed by atoms with van der Waals surface area (Å²) < 4.78 is 0. The lowest BCUT2D eigenvalue weighted by molar-refractivity contribution is -0.120. The van der Waals surface area contributed by atoms with Crippen LogP contribution in [0.25, 0.3) is 0 Å². The van der Waals surface area contributed by atoms with Crippen molar-refractivity contribution in [2.24, 2.45) is 0 Å². The van der Waals surface area contributed by atoms with Crippen LogP contribution in [0.5, 0.6) is 0 Å². The third-order valence-electron chi connectivity index (χ3n) is 1.26. The minimum atomic E-state index is 0. The molecule has 1 aliphatic carbocycles. The molecular formula is C6H12ClNO. The van der Waals surface area contributed by atoms with E-state index in [1.807, 2.05) is 6.92 Å². The number of rotatable bonds is 2. The molecule has 0 bridgehead atoms. The van der Waals surface area contributed by atoms with E-state index >= 15 is 0 Å². The molecule has 0 saturated heterocycles. The lowest BCUT2D eigenvalue weighted by atomic mass is 10.4. The van der Waals surface area contributed by atoms with Gasteiger partial charge in [-0.15, -0.1) is 12.4 Å². The van der Waals surface area contributed by atoms with Gasteiger partial charge in [-0.25, -0.2) is 0 Å². The topological polar surface area (TPSA) is 29.1 Å². The Balaban J connectivity index is 0.000000640. The third-order valence-corrected chi connectivity index (χ3v) is 1.26. The standard InChI is InChI=1S/C6H11NO.ClH/c1-2-6(8)7-5-3-4-5;/h5H,2-4H2,1H3,(H,7,8);1H. The second-order valence-corrected chi connectivity index (χ2v) is 2.20. The van der Waals surface area contributed by atoms with Crippen LogP contribution in [-0.4, -0.2) is 11.9 Å². The van der Waals surface area contributed by atoms with E-state index < -0.39 is 0 Å². The third kappa shape index (κ3) is 3.36. The molecule has 2 nitrogen and oxygen atoms in total. The Labute approximate surface area is 61.4 Å². The summed E-state index contributed by atoms with van der Waals surface area (Å²) in [7, 11) is 0. The van der Waals surface area contributed by atoms with Crippen LogP contribution >= 0.6 is 12.4 Å². The predicted molar refractivity (Wildman–Crippen MR) is 38.7 cm³/mol. The van der Waals surface area contributed by atoms with Crippen molar-refractivity contribution in [2.75, 3.05) is 0 Å². The first-order chi connectivity index (χ1) is 3.83. The van der Waals surface area contributed by atoms with Crippen LogP contribution < -0.4 is 5.32 Å². The molecule has 1 rings (SSSR count). The van der Waals surface area contributed by atoms with Crippen LogP contribution in [0.15, 0.2) is 0 Å². The van der Waals surface area contributed by atoms with Crippen LogP contribution in [-0.2, 0) is 4.79 Å². The molecule has 1 N–H and O–H groups in total. The molecule has 1 fully saturated rings. The fourth-order valence-corrected chi connectivity index (χ4v) is 0.557. The molecule has 0 aromatic heterocycles. The highest BCUT2D eigenvalue weighted by Crippen LogP contribution is 2.18. The molecular weight excluding hydrogens is 138 g/mol. The van der Waals surface area contributed by atoms with Gasteiger partial charge in [0.25, 0.3) is 0 Å². The zero-order valence-corrected chi connectivity index (χ0v) is 6.33. The number of halogens is 1. The molecule has 0 aliphatic heterocycles. The fourth-order valence-electron chi connectivity index (χ4n) is 0.557. The normalized spacial score (nSPS) is 16.1. The minimum Gasteiger partial charge on any atom is -0.353 e. The van der Waals surface area contributed by atoms with Crippen molar-refractivity contribution in [3.05, 3.63) is 0 Å². The van der Waals surface area contributed by atoms with E-state index in [4.69, 9.17) is 0 Å². The van der Waals surface area contributed by atoms with Gasteiger partial charge in [0.2, 0.25) is 5.91 Å². The summed E-state index contributed by atoms with van der Waals surface area (Å²) in [4.78, 5) is 10.6. The second-order valence-electron chi connectivity index (χ2n) is 2.20. The summed E-state index contributed by atoms with van der Waals surface area (Å²) in [6.07, 6.45) is 2.99. The maximum atomic E-state index is 10.6. The molecule has 0 unspecified atom stereocenters. The van der Waals surface area contributed by atoms with Crippen molar-refractivity contribution in [3.8, 4) is 0 Å². The highest BCUT2D eigenvalue weighted by molar-refractivity contribution is 5.85. The monoisotopic (exact) mass is 149 g/mol. The summed E-state index contributed by atoms with van der Waals surface area (Å²) in [6.45, 7) is 1.87. The fraction of sp³-hybridized carbons (Fsp3) is 0.833. The molecule has 0 aromatic carbocycles. The summed E-state index contributed by atoms with van der Waals surface area (Å²) in [5.74, 6) is 0.188. The molecule has 0 spiro atoms.